The summed E-state index contributed by atoms with van der Waals surface area (Å²) in [5, 5.41) is 13.4. The molecule has 0 heterocycles. The summed E-state index contributed by atoms with van der Waals surface area (Å²) in [6.45, 7) is 1.82. The molecule has 0 unspecified atom stereocenters. The molecule has 5 heteroatoms. The Labute approximate surface area is 130 Å². The maximum absolute atomic E-state index is 11.9. The first-order valence-corrected chi connectivity index (χ1v) is 7.04. The standard InChI is InChI=1S/C15H13IN2O2/c1-10(11-5-7-13(16)8-6-11)17-18-15(20)12-3-2-4-14(19)9-12/h2-9,19H,1H3,(H,18,20)/b17-10-. The van der Waals surface area contributed by atoms with Gasteiger partial charge in [0.05, 0.1) is 5.71 Å². The summed E-state index contributed by atoms with van der Waals surface area (Å²) >= 11 is 2.23. The fourth-order valence-corrected chi connectivity index (χ4v) is 1.96. The van der Waals surface area contributed by atoms with E-state index >= 15 is 0 Å². The highest BCUT2D eigenvalue weighted by Crippen LogP contribution is 2.11. The molecule has 2 N–H and O–H groups in total. The number of hydrogen-bond donors (Lipinski definition) is 2. The van der Waals surface area contributed by atoms with Crippen molar-refractivity contribution in [2.75, 3.05) is 0 Å². The van der Waals surface area contributed by atoms with Crippen LogP contribution in [0.4, 0.5) is 0 Å². The van der Waals surface area contributed by atoms with Crippen molar-refractivity contribution in [3.8, 4) is 5.75 Å². The van der Waals surface area contributed by atoms with Gasteiger partial charge in [0.25, 0.3) is 5.91 Å². The molecule has 0 aliphatic rings. The molecule has 1 amide bonds. The molecule has 0 aromatic heterocycles. The number of amides is 1. The number of nitrogens with zero attached hydrogens (tertiary/aromatic N) is 1. The summed E-state index contributed by atoms with van der Waals surface area (Å²) in [4.78, 5) is 11.9. The normalized spacial score (nSPS) is 11.2. The van der Waals surface area contributed by atoms with E-state index < -0.39 is 0 Å². The first kappa shape index (κ1) is 14.5. The summed E-state index contributed by atoms with van der Waals surface area (Å²) in [6.07, 6.45) is 0. The van der Waals surface area contributed by atoms with E-state index in [0.717, 1.165) is 14.8 Å². The number of halogens is 1. The molecule has 4 nitrogen and oxygen atoms in total. The van der Waals surface area contributed by atoms with Crippen molar-refractivity contribution in [2.45, 2.75) is 6.92 Å². The van der Waals surface area contributed by atoms with Gasteiger partial charge in [0.1, 0.15) is 5.75 Å². The van der Waals surface area contributed by atoms with Gasteiger partial charge in [0.15, 0.2) is 0 Å². The summed E-state index contributed by atoms with van der Waals surface area (Å²) in [5.41, 5.74) is 4.50. The average Bonchev–Trinajstić information content (AvgIpc) is 2.45. The van der Waals surface area contributed by atoms with Crippen molar-refractivity contribution in [1.29, 1.82) is 0 Å². The Morgan fingerprint density at radius 2 is 1.85 bits per heavy atom. The quantitative estimate of drug-likeness (QED) is 0.488. The zero-order valence-electron chi connectivity index (χ0n) is 10.8. The summed E-state index contributed by atoms with van der Waals surface area (Å²) in [5.74, 6) is -0.304. The molecule has 0 spiro atoms. The third-order valence-electron chi connectivity index (χ3n) is 2.70. The van der Waals surface area contributed by atoms with Crippen LogP contribution < -0.4 is 5.43 Å². The molecule has 0 atom stereocenters. The fourth-order valence-electron chi connectivity index (χ4n) is 1.60. The van der Waals surface area contributed by atoms with E-state index in [1.54, 1.807) is 12.1 Å². The van der Waals surface area contributed by atoms with Gasteiger partial charge in [-0.2, -0.15) is 5.10 Å². The molecule has 0 saturated heterocycles. The monoisotopic (exact) mass is 380 g/mol. The zero-order chi connectivity index (χ0) is 14.5. The number of aromatic hydroxyl groups is 1. The van der Waals surface area contributed by atoms with E-state index in [0.29, 0.717) is 5.56 Å². The van der Waals surface area contributed by atoms with E-state index in [-0.39, 0.29) is 11.7 Å². The van der Waals surface area contributed by atoms with Crippen molar-refractivity contribution in [3.05, 3.63) is 63.2 Å². The molecule has 2 aromatic rings. The second kappa shape index (κ2) is 6.51. The van der Waals surface area contributed by atoms with E-state index in [1.807, 2.05) is 31.2 Å². The molecule has 0 saturated carbocycles. The Morgan fingerprint density at radius 3 is 2.50 bits per heavy atom. The van der Waals surface area contributed by atoms with Crippen molar-refractivity contribution >= 4 is 34.2 Å². The van der Waals surface area contributed by atoms with Gasteiger partial charge >= 0.3 is 0 Å². The van der Waals surface area contributed by atoms with Crippen LogP contribution >= 0.6 is 22.6 Å². The highest BCUT2D eigenvalue weighted by Gasteiger charge is 2.05. The van der Waals surface area contributed by atoms with Gasteiger partial charge in [-0.3, -0.25) is 4.79 Å². The number of hydrogen-bond acceptors (Lipinski definition) is 3. The number of hydrazone groups is 1. The fraction of sp³-hybridized carbons (Fsp3) is 0.0667. The van der Waals surface area contributed by atoms with Gasteiger partial charge in [-0.25, -0.2) is 5.43 Å². The van der Waals surface area contributed by atoms with Crippen LogP contribution in [0.5, 0.6) is 5.75 Å². The van der Waals surface area contributed by atoms with Crippen LogP contribution in [0, 0.1) is 3.57 Å². The molecule has 0 radical (unpaired) electrons. The van der Waals surface area contributed by atoms with Gasteiger partial charge in [-0.1, -0.05) is 18.2 Å². The van der Waals surface area contributed by atoms with Crippen molar-refractivity contribution in [3.63, 3.8) is 0 Å². The number of nitrogens with one attached hydrogen (secondary N) is 1. The number of carbonyl (C=O) groups is 1. The van der Waals surface area contributed by atoms with Gasteiger partial charge in [0.2, 0.25) is 0 Å². The predicted molar refractivity (Wildman–Crippen MR) is 86.9 cm³/mol. The van der Waals surface area contributed by atoms with Crippen LogP contribution in [0.3, 0.4) is 0 Å². The van der Waals surface area contributed by atoms with E-state index in [2.05, 4.69) is 33.1 Å². The lowest BCUT2D eigenvalue weighted by atomic mass is 10.1. The van der Waals surface area contributed by atoms with Crippen molar-refractivity contribution in [1.82, 2.24) is 5.43 Å². The first-order valence-electron chi connectivity index (χ1n) is 5.96. The number of carbonyl (C=O) groups excluding carboxylic acids is 1. The van der Waals surface area contributed by atoms with Crippen LogP contribution in [0.15, 0.2) is 53.6 Å². The SMILES string of the molecule is C/C(=N/NC(=O)c1cccc(O)c1)c1ccc(I)cc1. The number of phenolic OH excluding ortho intramolecular Hbond substituents is 1. The lowest BCUT2D eigenvalue weighted by Crippen LogP contribution is -2.19. The zero-order valence-corrected chi connectivity index (χ0v) is 13.0. The Kier molecular flexibility index (Phi) is 4.73. The molecule has 2 rings (SSSR count). The van der Waals surface area contributed by atoms with Crippen LogP contribution in [-0.4, -0.2) is 16.7 Å². The second-order valence-electron chi connectivity index (χ2n) is 4.20. The van der Waals surface area contributed by atoms with E-state index in [1.165, 1.54) is 12.1 Å². The molecule has 20 heavy (non-hydrogen) atoms. The van der Waals surface area contributed by atoms with Crippen LogP contribution in [0.2, 0.25) is 0 Å². The predicted octanol–water partition coefficient (Wildman–Crippen LogP) is 3.15. The lowest BCUT2D eigenvalue weighted by molar-refractivity contribution is 0.0954. The van der Waals surface area contributed by atoms with Gasteiger partial charge in [0, 0.05) is 9.13 Å². The first-order chi connectivity index (χ1) is 9.56. The van der Waals surface area contributed by atoms with E-state index in [4.69, 9.17) is 0 Å². The summed E-state index contributed by atoms with van der Waals surface area (Å²) in [6, 6.07) is 14.0. The third-order valence-corrected chi connectivity index (χ3v) is 3.41. The third kappa shape index (κ3) is 3.80. The Bertz CT molecular complexity index is 651. The van der Waals surface area contributed by atoms with E-state index in [9.17, 15) is 9.90 Å². The van der Waals surface area contributed by atoms with Crippen LogP contribution in [0.1, 0.15) is 22.8 Å². The summed E-state index contributed by atoms with van der Waals surface area (Å²) < 4.78 is 1.14. The maximum atomic E-state index is 11.9. The Balaban J connectivity index is 2.08. The van der Waals surface area contributed by atoms with Crippen LogP contribution in [0.25, 0.3) is 0 Å². The van der Waals surface area contributed by atoms with Crippen molar-refractivity contribution < 1.29 is 9.90 Å². The number of rotatable bonds is 3. The average molecular weight is 380 g/mol. The molecular formula is C15H13IN2O2. The van der Waals surface area contributed by atoms with Gasteiger partial charge in [-0.05, 0) is 65.4 Å². The number of phenols is 1. The minimum absolute atomic E-state index is 0.0518. The Hall–Kier alpha value is -1.89. The topological polar surface area (TPSA) is 61.7 Å². The number of benzene rings is 2. The second-order valence-corrected chi connectivity index (χ2v) is 5.44. The largest absolute Gasteiger partial charge is 0.508 e. The molecule has 0 aliphatic carbocycles. The molecule has 0 fully saturated rings. The lowest BCUT2D eigenvalue weighted by Gasteiger charge is -2.03. The molecular weight excluding hydrogens is 367 g/mol. The van der Waals surface area contributed by atoms with Crippen molar-refractivity contribution in [2.24, 2.45) is 5.10 Å². The molecule has 0 bridgehead atoms. The highest BCUT2D eigenvalue weighted by molar-refractivity contribution is 14.1. The molecule has 102 valence electrons. The highest BCUT2D eigenvalue weighted by atomic mass is 127. The van der Waals surface area contributed by atoms with Gasteiger partial charge < -0.3 is 5.11 Å². The minimum Gasteiger partial charge on any atom is -0.508 e. The molecule has 0 aliphatic heterocycles. The smallest absolute Gasteiger partial charge is 0.271 e. The minimum atomic E-state index is -0.356. The van der Waals surface area contributed by atoms with Crippen LogP contribution in [-0.2, 0) is 0 Å². The summed E-state index contributed by atoms with van der Waals surface area (Å²) in [7, 11) is 0. The maximum Gasteiger partial charge on any atom is 0.271 e. The Morgan fingerprint density at radius 1 is 1.15 bits per heavy atom. The molecule has 2 aromatic carbocycles. The van der Waals surface area contributed by atoms with Gasteiger partial charge in [-0.15, -0.1) is 0 Å².